The smallest absolute Gasteiger partial charge is 0.317 e. The van der Waals surface area contributed by atoms with Crippen molar-refractivity contribution < 1.29 is 9.59 Å². The number of aryl methyl sites for hydroxylation is 1. The van der Waals surface area contributed by atoms with Crippen molar-refractivity contribution in [1.82, 2.24) is 15.5 Å². The van der Waals surface area contributed by atoms with Crippen molar-refractivity contribution in [3.63, 3.8) is 0 Å². The lowest BCUT2D eigenvalue weighted by Gasteiger charge is -2.39. The van der Waals surface area contributed by atoms with Gasteiger partial charge in [-0.1, -0.05) is 36.8 Å². The van der Waals surface area contributed by atoms with Crippen LogP contribution in [0.3, 0.4) is 0 Å². The molecule has 1 aliphatic rings. The third kappa shape index (κ3) is 4.21. The van der Waals surface area contributed by atoms with Gasteiger partial charge in [-0.3, -0.25) is 4.79 Å². The van der Waals surface area contributed by atoms with Crippen LogP contribution in [0.2, 0.25) is 0 Å². The number of rotatable bonds is 4. The highest BCUT2D eigenvalue weighted by molar-refractivity contribution is 5.77. The van der Waals surface area contributed by atoms with E-state index < -0.39 is 0 Å². The Labute approximate surface area is 125 Å². The molecule has 5 heteroatoms. The molecule has 2 rings (SSSR count). The summed E-state index contributed by atoms with van der Waals surface area (Å²) < 4.78 is 0. The van der Waals surface area contributed by atoms with Gasteiger partial charge in [0, 0.05) is 26.6 Å². The zero-order chi connectivity index (χ0) is 15.4. The standard InChI is InChI=1S/C16H23N3O2/c1-11-5-4-6-14(7-11)12(2)8-17-16(21)19-9-15(10-19)18-13(3)20/h4-7,12,15H,8-10H2,1-3H3,(H,17,21)(H,18,20)/t12-/m1/s1. The van der Waals surface area contributed by atoms with Gasteiger partial charge >= 0.3 is 6.03 Å². The van der Waals surface area contributed by atoms with E-state index in [4.69, 9.17) is 0 Å². The topological polar surface area (TPSA) is 61.4 Å². The van der Waals surface area contributed by atoms with E-state index >= 15 is 0 Å². The minimum atomic E-state index is -0.0592. The van der Waals surface area contributed by atoms with E-state index in [1.165, 1.54) is 18.1 Å². The lowest BCUT2D eigenvalue weighted by Crippen LogP contribution is -2.62. The van der Waals surface area contributed by atoms with Crippen LogP contribution in [0.5, 0.6) is 0 Å². The third-order valence-corrected chi connectivity index (χ3v) is 3.75. The maximum atomic E-state index is 12.0. The predicted octanol–water partition coefficient (Wildman–Crippen LogP) is 1.63. The van der Waals surface area contributed by atoms with Crippen molar-refractivity contribution in [2.45, 2.75) is 32.7 Å². The number of nitrogens with one attached hydrogen (secondary N) is 2. The summed E-state index contributed by atoms with van der Waals surface area (Å²) in [5.41, 5.74) is 2.46. The Balaban J connectivity index is 1.74. The van der Waals surface area contributed by atoms with Gasteiger partial charge in [-0.25, -0.2) is 4.79 Å². The molecule has 1 aliphatic heterocycles. The van der Waals surface area contributed by atoms with Crippen LogP contribution in [0, 0.1) is 6.92 Å². The molecule has 5 nitrogen and oxygen atoms in total. The van der Waals surface area contributed by atoms with Crippen LogP contribution in [0.4, 0.5) is 4.79 Å². The van der Waals surface area contributed by atoms with E-state index in [2.05, 4.69) is 42.7 Å². The number of urea groups is 1. The van der Waals surface area contributed by atoms with Crippen LogP contribution < -0.4 is 10.6 Å². The molecule has 0 radical (unpaired) electrons. The van der Waals surface area contributed by atoms with E-state index in [1.54, 1.807) is 4.90 Å². The second-order valence-electron chi connectivity index (χ2n) is 5.80. The molecule has 0 aliphatic carbocycles. The van der Waals surface area contributed by atoms with Gasteiger partial charge in [-0.05, 0) is 18.4 Å². The normalized spacial score (nSPS) is 16.0. The lowest BCUT2D eigenvalue weighted by atomic mass is 9.99. The monoisotopic (exact) mass is 289 g/mol. The Hall–Kier alpha value is -2.04. The van der Waals surface area contributed by atoms with Crippen molar-refractivity contribution in [2.24, 2.45) is 0 Å². The number of carbonyl (C=O) groups is 2. The van der Waals surface area contributed by atoms with E-state index in [0.717, 1.165) is 0 Å². The van der Waals surface area contributed by atoms with Crippen molar-refractivity contribution in [3.05, 3.63) is 35.4 Å². The summed E-state index contributed by atoms with van der Waals surface area (Å²) >= 11 is 0. The summed E-state index contributed by atoms with van der Waals surface area (Å²) in [5, 5.41) is 5.75. The highest BCUT2D eigenvalue weighted by Gasteiger charge is 2.30. The molecule has 1 atom stereocenters. The van der Waals surface area contributed by atoms with Gasteiger partial charge in [0.2, 0.25) is 5.91 Å². The Morgan fingerprint density at radius 2 is 2.10 bits per heavy atom. The van der Waals surface area contributed by atoms with Gasteiger partial charge in [-0.2, -0.15) is 0 Å². The van der Waals surface area contributed by atoms with Crippen LogP contribution in [-0.4, -0.2) is 42.5 Å². The SMILES string of the molecule is CC(=O)NC1CN(C(=O)NC[C@@H](C)c2cccc(C)c2)C1. The molecular weight excluding hydrogens is 266 g/mol. The summed E-state index contributed by atoms with van der Waals surface area (Å²) in [6, 6.07) is 8.37. The van der Waals surface area contributed by atoms with Gasteiger partial charge in [0.05, 0.1) is 6.04 Å². The van der Waals surface area contributed by atoms with Crippen LogP contribution >= 0.6 is 0 Å². The predicted molar refractivity (Wildman–Crippen MR) is 82.2 cm³/mol. The van der Waals surface area contributed by atoms with Gasteiger partial charge < -0.3 is 15.5 Å². The van der Waals surface area contributed by atoms with E-state index in [0.29, 0.717) is 19.6 Å². The Morgan fingerprint density at radius 1 is 1.38 bits per heavy atom. The molecule has 0 aromatic heterocycles. The minimum Gasteiger partial charge on any atom is -0.350 e. The number of hydrogen-bond acceptors (Lipinski definition) is 2. The molecule has 1 aromatic rings. The fourth-order valence-corrected chi connectivity index (χ4v) is 2.47. The quantitative estimate of drug-likeness (QED) is 0.885. The molecule has 3 amide bonds. The second kappa shape index (κ2) is 6.61. The number of hydrogen-bond donors (Lipinski definition) is 2. The number of benzene rings is 1. The highest BCUT2D eigenvalue weighted by atomic mass is 16.2. The Bertz CT molecular complexity index is 524. The number of likely N-dealkylation sites (tertiary alicyclic amines) is 1. The average molecular weight is 289 g/mol. The largest absolute Gasteiger partial charge is 0.350 e. The maximum absolute atomic E-state index is 12.0. The molecule has 0 bridgehead atoms. The molecule has 21 heavy (non-hydrogen) atoms. The van der Waals surface area contributed by atoms with Crippen molar-refractivity contribution in [2.75, 3.05) is 19.6 Å². The highest BCUT2D eigenvalue weighted by Crippen LogP contribution is 2.16. The van der Waals surface area contributed by atoms with Crippen molar-refractivity contribution in [1.29, 1.82) is 0 Å². The van der Waals surface area contributed by atoms with Gasteiger partial charge in [0.1, 0.15) is 0 Å². The fourth-order valence-electron chi connectivity index (χ4n) is 2.47. The number of nitrogens with zero attached hydrogens (tertiary/aromatic N) is 1. The van der Waals surface area contributed by atoms with Crippen LogP contribution in [-0.2, 0) is 4.79 Å². The summed E-state index contributed by atoms with van der Waals surface area (Å²) in [6.07, 6.45) is 0. The first-order valence-corrected chi connectivity index (χ1v) is 7.32. The van der Waals surface area contributed by atoms with Gasteiger partial charge in [-0.15, -0.1) is 0 Å². The number of carbonyl (C=O) groups excluding carboxylic acids is 2. The van der Waals surface area contributed by atoms with Crippen LogP contribution in [0.25, 0.3) is 0 Å². The molecule has 0 unspecified atom stereocenters. The molecule has 2 N–H and O–H groups in total. The molecule has 114 valence electrons. The first-order valence-electron chi connectivity index (χ1n) is 7.32. The van der Waals surface area contributed by atoms with Crippen LogP contribution in [0.1, 0.15) is 30.9 Å². The fraction of sp³-hybridized carbons (Fsp3) is 0.500. The molecule has 0 saturated carbocycles. The molecule has 1 fully saturated rings. The molecule has 1 saturated heterocycles. The van der Waals surface area contributed by atoms with E-state index in [1.807, 2.05) is 6.07 Å². The number of amides is 3. The average Bonchev–Trinajstić information content (AvgIpc) is 2.39. The molecule has 0 spiro atoms. The van der Waals surface area contributed by atoms with Gasteiger partial charge in [0.25, 0.3) is 0 Å². The summed E-state index contributed by atoms with van der Waals surface area (Å²) in [6.45, 7) is 7.45. The van der Waals surface area contributed by atoms with Crippen molar-refractivity contribution >= 4 is 11.9 Å². The first-order chi connectivity index (χ1) is 9.95. The molecule has 1 aromatic carbocycles. The summed E-state index contributed by atoms with van der Waals surface area (Å²) in [4.78, 5) is 24.6. The Kier molecular flexibility index (Phi) is 4.83. The lowest BCUT2D eigenvalue weighted by molar-refractivity contribution is -0.120. The second-order valence-corrected chi connectivity index (χ2v) is 5.80. The van der Waals surface area contributed by atoms with E-state index in [9.17, 15) is 9.59 Å². The maximum Gasteiger partial charge on any atom is 0.317 e. The van der Waals surface area contributed by atoms with Crippen molar-refractivity contribution in [3.8, 4) is 0 Å². The van der Waals surface area contributed by atoms with E-state index in [-0.39, 0.29) is 23.9 Å². The molecular formula is C16H23N3O2. The third-order valence-electron chi connectivity index (χ3n) is 3.75. The Morgan fingerprint density at radius 3 is 2.71 bits per heavy atom. The zero-order valence-corrected chi connectivity index (χ0v) is 12.8. The molecule has 1 heterocycles. The first kappa shape index (κ1) is 15.4. The summed E-state index contributed by atoms with van der Waals surface area (Å²) in [7, 11) is 0. The van der Waals surface area contributed by atoms with Crippen LogP contribution in [0.15, 0.2) is 24.3 Å². The zero-order valence-electron chi connectivity index (χ0n) is 12.8. The summed E-state index contributed by atoms with van der Waals surface area (Å²) in [5.74, 6) is 0.231. The van der Waals surface area contributed by atoms with Gasteiger partial charge in [0.15, 0.2) is 0 Å². The minimum absolute atomic E-state index is 0.0480.